The van der Waals surface area contributed by atoms with E-state index in [9.17, 15) is 29.9 Å². The first-order valence-corrected chi connectivity index (χ1v) is 17.2. The van der Waals surface area contributed by atoms with Crippen LogP contribution in [0.2, 0.25) is 0 Å². The molecule has 2 aliphatic heterocycles. The number of non-ortho nitro benzene ring substituents is 1. The van der Waals surface area contributed by atoms with Crippen molar-refractivity contribution in [2.45, 2.75) is 50.8 Å². The van der Waals surface area contributed by atoms with Crippen molar-refractivity contribution in [1.29, 1.82) is 0 Å². The Morgan fingerprint density at radius 2 is 1.75 bits per heavy atom. The topological polar surface area (TPSA) is 155 Å². The number of aromatic nitrogens is 3. The predicted octanol–water partition coefficient (Wildman–Crippen LogP) is 5.94. The summed E-state index contributed by atoms with van der Waals surface area (Å²) in [5, 5.41) is 42.4. The predicted molar refractivity (Wildman–Crippen MR) is 195 cm³/mol. The van der Waals surface area contributed by atoms with Gasteiger partial charge in [0, 0.05) is 48.5 Å². The van der Waals surface area contributed by atoms with Crippen molar-refractivity contribution in [3.8, 4) is 0 Å². The SMILES string of the molecule is C[C@H](/C=C/CCn1cc(C(CO)c2ccccc2)nn1)[C@@]1(O)C(=O)N(Cc2cccc(N3C(=O)CCc4ccccc43)c2)c2ccc([N+](=O)[O-])cc21. The molecule has 3 atom stereocenters. The molecule has 264 valence electrons. The minimum atomic E-state index is -2.07. The molecule has 0 saturated heterocycles. The molecule has 0 aliphatic carbocycles. The van der Waals surface area contributed by atoms with Gasteiger partial charge in [-0.15, -0.1) is 5.10 Å². The Morgan fingerprint density at radius 3 is 2.54 bits per heavy atom. The number of aliphatic hydroxyl groups is 2. The Hall–Kier alpha value is -5.98. The first kappa shape index (κ1) is 34.5. The first-order valence-electron chi connectivity index (χ1n) is 17.2. The average molecular weight is 699 g/mol. The number of fused-ring (bicyclic) bond motifs is 2. The number of nitro benzene ring substituents is 1. The number of para-hydroxylation sites is 1. The lowest BCUT2D eigenvalue weighted by Gasteiger charge is -2.30. The molecule has 1 unspecified atom stereocenters. The van der Waals surface area contributed by atoms with Crippen LogP contribution in [0.3, 0.4) is 0 Å². The number of amides is 2. The number of anilines is 3. The van der Waals surface area contributed by atoms with Gasteiger partial charge in [0.05, 0.1) is 41.1 Å². The van der Waals surface area contributed by atoms with Crippen molar-refractivity contribution in [3.63, 3.8) is 0 Å². The van der Waals surface area contributed by atoms with Gasteiger partial charge in [0.25, 0.3) is 11.6 Å². The van der Waals surface area contributed by atoms with Crippen molar-refractivity contribution in [2.75, 3.05) is 16.4 Å². The van der Waals surface area contributed by atoms with E-state index in [1.165, 1.54) is 23.1 Å². The molecular formula is C40H38N6O6. The Morgan fingerprint density at radius 1 is 0.962 bits per heavy atom. The van der Waals surface area contributed by atoms with Crippen LogP contribution in [0.25, 0.3) is 0 Å². The largest absolute Gasteiger partial charge is 0.395 e. The van der Waals surface area contributed by atoms with E-state index in [2.05, 4.69) is 10.3 Å². The standard InChI is InChI=1S/C40H38N6O6/c1-27(10-7-8-21-43-25-35(41-42-43)33(26-47)29-12-3-2-4-13-29)40(50)34-23-32(46(51)52)18-19-37(34)44(39(40)49)24-28-11-9-15-31(22-28)45-36-16-6-5-14-30(36)17-20-38(45)48/h2-7,9-16,18-19,22-23,25,27,33,47,50H,8,17,20-21,24,26H2,1H3/b10-7+/t27-,33?,40+/m1/s1. The molecule has 52 heavy (non-hydrogen) atoms. The fraction of sp³-hybridized carbons (Fsp3) is 0.250. The van der Waals surface area contributed by atoms with E-state index < -0.39 is 22.3 Å². The fourth-order valence-electron chi connectivity index (χ4n) is 7.18. The number of carbonyl (C=O) groups excluding carboxylic acids is 2. The maximum absolute atomic E-state index is 14.2. The number of aryl methyl sites for hydroxylation is 2. The summed E-state index contributed by atoms with van der Waals surface area (Å²) in [4.78, 5) is 41.7. The van der Waals surface area contributed by atoms with E-state index >= 15 is 0 Å². The number of carbonyl (C=O) groups is 2. The third kappa shape index (κ3) is 6.38. The Labute approximate surface area is 300 Å². The highest BCUT2D eigenvalue weighted by atomic mass is 16.6. The van der Waals surface area contributed by atoms with Crippen LogP contribution in [0.15, 0.2) is 115 Å². The monoisotopic (exact) mass is 698 g/mol. The highest BCUT2D eigenvalue weighted by molar-refractivity contribution is 6.07. The molecule has 5 aromatic rings. The van der Waals surface area contributed by atoms with Crippen molar-refractivity contribution < 1.29 is 24.7 Å². The fourth-order valence-corrected chi connectivity index (χ4v) is 7.18. The third-order valence-corrected chi connectivity index (χ3v) is 9.97. The van der Waals surface area contributed by atoms with Crippen molar-refractivity contribution >= 4 is 34.6 Å². The number of aliphatic hydroxyl groups excluding tert-OH is 1. The molecule has 0 spiro atoms. The molecule has 4 aromatic carbocycles. The summed E-state index contributed by atoms with van der Waals surface area (Å²) < 4.78 is 1.68. The molecule has 12 heteroatoms. The Bertz CT molecular complexity index is 2170. The van der Waals surface area contributed by atoms with Gasteiger partial charge in [-0.2, -0.15) is 0 Å². The highest BCUT2D eigenvalue weighted by Crippen LogP contribution is 2.47. The van der Waals surface area contributed by atoms with Crippen LogP contribution in [-0.2, 0) is 34.7 Å². The number of hydrogen-bond acceptors (Lipinski definition) is 8. The quantitative estimate of drug-likeness (QED) is 0.0922. The average Bonchev–Trinajstić information content (AvgIpc) is 3.71. The van der Waals surface area contributed by atoms with Crippen LogP contribution in [0, 0.1) is 16.0 Å². The molecule has 12 nitrogen and oxygen atoms in total. The van der Waals surface area contributed by atoms with Gasteiger partial charge in [-0.1, -0.05) is 85.0 Å². The Balaban J connectivity index is 1.10. The van der Waals surface area contributed by atoms with E-state index in [-0.39, 0.29) is 36.2 Å². The van der Waals surface area contributed by atoms with Gasteiger partial charge in [-0.25, -0.2) is 0 Å². The third-order valence-electron chi connectivity index (χ3n) is 9.97. The summed E-state index contributed by atoms with van der Waals surface area (Å²) in [6.45, 7) is 2.14. The lowest BCUT2D eigenvalue weighted by atomic mass is 9.82. The number of nitrogens with zero attached hydrogens (tertiary/aromatic N) is 6. The van der Waals surface area contributed by atoms with E-state index in [0.29, 0.717) is 42.9 Å². The zero-order chi connectivity index (χ0) is 36.4. The minimum Gasteiger partial charge on any atom is -0.395 e. The molecule has 0 bridgehead atoms. The molecule has 7 rings (SSSR count). The second kappa shape index (κ2) is 14.3. The summed E-state index contributed by atoms with van der Waals surface area (Å²) in [6.07, 6.45) is 6.93. The van der Waals surface area contributed by atoms with Gasteiger partial charge in [0.1, 0.15) is 0 Å². The number of nitro groups is 1. The number of hydrogen-bond donors (Lipinski definition) is 2. The molecule has 3 heterocycles. The normalized spacial score (nSPS) is 18.1. The lowest BCUT2D eigenvalue weighted by molar-refractivity contribution is -0.385. The molecule has 0 radical (unpaired) electrons. The maximum Gasteiger partial charge on any atom is 0.269 e. The van der Waals surface area contributed by atoms with Crippen molar-refractivity contribution in [2.24, 2.45) is 5.92 Å². The Kier molecular flexibility index (Phi) is 9.50. The van der Waals surface area contributed by atoms with Gasteiger partial charge in [0.2, 0.25) is 5.91 Å². The summed E-state index contributed by atoms with van der Waals surface area (Å²) in [5.74, 6) is -1.66. The minimum absolute atomic E-state index is 0.0217. The second-order valence-electron chi connectivity index (χ2n) is 13.2. The molecule has 0 saturated carbocycles. The smallest absolute Gasteiger partial charge is 0.269 e. The summed E-state index contributed by atoms with van der Waals surface area (Å²) in [5.41, 5.74) is 3.13. The van der Waals surface area contributed by atoms with Gasteiger partial charge < -0.3 is 15.1 Å². The summed E-state index contributed by atoms with van der Waals surface area (Å²) in [7, 11) is 0. The van der Waals surface area contributed by atoms with Gasteiger partial charge in [-0.3, -0.25) is 29.3 Å². The maximum atomic E-state index is 14.2. The van der Waals surface area contributed by atoms with Crippen LogP contribution in [-0.4, -0.2) is 48.6 Å². The van der Waals surface area contributed by atoms with Gasteiger partial charge in [0.15, 0.2) is 5.60 Å². The van der Waals surface area contributed by atoms with Gasteiger partial charge in [-0.05, 0) is 53.8 Å². The van der Waals surface area contributed by atoms with Crippen LogP contribution in [0.5, 0.6) is 0 Å². The van der Waals surface area contributed by atoms with E-state index in [4.69, 9.17) is 0 Å². The molecule has 0 fully saturated rings. The second-order valence-corrected chi connectivity index (χ2v) is 13.2. The summed E-state index contributed by atoms with van der Waals surface area (Å²) >= 11 is 0. The van der Waals surface area contributed by atoms with Crippen LogP contribution >= 0.6 is 0 Å². The zero-order valence-corrected chi connectivity index (χ0v) is 28.6. The van der Waals surface area contributed by atoms with Crippen LogP contribution < -0.4 is 9.80 Å². The lowest BCUT2D eigenvalue weighted by Crippen LogP contribution is -2.44. The number of benzene rings is 4. The van der Waals surface area contributed by atoms with Crippen molar-refractivity contribution in [1.82, 2.24) is 15.0 Å². The van der Waals surface area contributed by atoms with E-state index in [1.807, 2.05) is 84.9 Å². The highest BCUT2D eigenvalue weighted by Gasteiger charge is 2.53. The zero-order valence-electron chi connectivity index (χ0n) is 28.6. The molecule has 2 N–H and O–H groups in total. The summed E-state index contributed by atoms with van der Waals surface area (Å²) in [6, 6.07) is 28.9. The van der Waals surface area contributed by atoms with E-state index in [1.54, 1.807) is 28.8 Å². The first-order chi connectivity index (χ1) is 25.2. The molecule has 1 aromatic heterocycles. The van der Waals surface area contributed by atoms with Crippen molar-refractivity contribution in [3.05, 3.63) is 153 Å². The van der Waals surface area contributed by atoms with Crippen LogP contribution in [0.4, 0.5) is 22.7 Å². The van der Waals surface area contributed by atoms with Crippen LogP contribution in [0.1, 0.15) is 53.6 Å². The van der Waals surface area contributed by atoms with Gasteiger partial charge >= 0.3 is 0 Å². The number of allylic oxidation sites excluding steroid dienone is 1. The molecule has 2 amide bonds. The molecular weight excluding hydrogens is 660 g/mol. The number of rotatable bonds is 12. The molecule has 2 aliphatic rings. The van der Waals surface area contributed by atoms with E-state index in [0.717, 1.165) is 22.4 Å².